The molecule has 1 unspecified atom stereocenters. The number of amides is 1. The molecule has 2 rings (SSSR count). The number of carbonyl (C=O) groups is 2. The minimum Gasteiger partial charge on any atom is -0.480 e. The molecule has 0 saturated heterocycles. The zero-order chi connectivity index (χ0) is 18.6. The smallest absolute Gasteiger partial charge is 0.408 e. The van der Waals surface area contributed by atoms with Crippen LogP contribution in [0.4, 0.5) is 4.79 Å². The van der Waals surface area contributed by atoms with Gasteiger partial charge in [0.05, 0.1) is 5.69 Å². The van der Waals surface area contributed by atoms with Gasteiger partial charge in [-0.05, 0) is 20.8 Å². The molecule has 0 bridgehead atoms. The summed E-state index contributed by atoms with van der Waals surface area (Å²) in [4.78, 5) is 30.5. The molecule has 8 heteroatoms. The van der Waals surface area contributed by atoms with Crippen LogP contribution in [0.15, 0.2) is 30.3 Å². The zero-order valence-corrected chi connectivity index (χ0v) is 14.9. The summed E-state index contributed by atoms with van der Waals surface area (Å²) in [6.45, 7) is 5.08. The highest BCUT2D eigenvalue weighted by Gasteiger charge is 2.26. The van der Waals surface area contributed by atoms with Crippen molar-refractivity contribution < 1.29 is 19.4 Å². The van der Waals surface area contributed by atoms with Crippen molar-refractivity contribution in [3.8, 4) is 11.4 Å². The summed E-state index contributed by atoms with van der Waals surface area (Å²) >= 11 is 6.11. The SMILES string of the molecule is CC(C)(C)OC(=O)NC(Cc1[nH]c(-c2ccccc2)nc1Cl)C(=O)O. The van der Waals surface area contributed by atoms with Gasteiger partial charge in [-0.25, -0.2) is 14.6 Å². The number of H-pyrrole nitrogens is 1. The Morgan fingerprint density at radius 3 is 2.52 bits per heavy atom. The van der Waals surface area contributed by atoms with E-state index in [9.17, 15) is 14.7 Å². The van der Waals surface area contributed by atoms with E-state index < -0.39 is 23.7 Å². The van der Waals surface area contributed by atoms with E-state index >= 15 is 0 Å². The molecule has 0 radical (unpaired) electrons. The lowest BCUT2D eigenvalue weighted by molar-refractivity contribution is -0.139. The molecule has 1 aromatic heterocycles. The number of ether oxygens (including phenoxy) is 1. The van der Waals surface area contributed by atoms with Gasteiger partial charge in [0.1, 0.15) is 17.5 Å². The summed E-state index contributed by atoms with van der Waals surface area (Å²) in [5, 5.41) is 11.8. The first-order valence-electron chi connectivity index (χ1n) is 7.68. The van der Waals surface area contributed by atoms with Crippen LogP contribution in [0.5, 0.6) is 0 Å². The maximum atomic E-state index is 11.8. The van der Waals surface area contributed by atoms with E-state index in [1.54, 1.807) is 20.8 Å². The number of aromatic nitrogens is 2. The second kappa shape index (κ2) is 7.57. The van der Waals surface area contributed by atoms with Crippen LogP contribution in [0, 0.1) is 0 Å². The monoisotopic (exact) mass is 365 g/mol. The number of benzene rings is 1. The molecule has 0 spiro atoms. The average Bonchev–Trinajstić information content (AvgIpc) is 2.86. The Morgan fingerprint density at radius 2 is 1.96 bits per heavy atom. The van der Waals surface area contributed by atoms with Crippen molar-refractivity contribution in [3.05, 3.63) is 41.2 Å². The number of imidazole rings is 1. The molecule has 0 fully saturated rings. The summed E-state index contributed by atoms with van der Waals surface area (Å²) in [7, 11) is 0. The third-order valence-electron chi connectivity index (χ3n) is 3.17. The predicted molar refractivity (Wildman–Crippen MR) is 93.5 cm³/mol. The first-order valence-corrected chi connectivity index (χ1v) is 8.05. The number of nitrogens with zero attached hydrogens (tertiary/aromatic N) is 1. The molecule has 2 aromatic rings. The largest absolute Gasteiger partial charge is 0.480 e. The second-order valence-corrected chi connectivity index (χ2v) is 6.82. The fraction of sp³-hybridized carbons (Fsp3) is 0.353. The Bertz CT molecular complexity index is 753. The van der Waals surface area contributed by atoms with Crippen molar-refractivity contribution >= 4 is 23.7 Å². The van der Waals surface area contributed by atoms with E-state index in [1.807, 2.05) is 30.3 Å². The van der Waals surface area contributed by atoms with E-state index in [4.69, 9.17) is 16.3 Å². The maximum Gasteiger partial charge on any atom is 0.408 e. The van der Waals surface area contributed by atoms with Crippen molar-refractivity contribution in [1.29, 1.82) is 0 Å². The number of halogens is 1. The minimum absolute atomic E-state index is 0.0484. The Kier molecular flexibility index (Phi) is 5.69. The second-order valence-electron chi connectivity index (χ2n) is 6.46. The molecular weight excluding hydrogens is 346 g/mol. The molecule has 1 aromatic carbocycles. The standard InChI is InChI=1S/C17H20ClN3O4/c1-17(2,3)25-16(24)20-12(15(22)23)9-11-13(18)21-14(19-11)10-7-5-4-6-8-10/h4-8,12H,9H2,1-3H3,(H,19,21)(H,20,24)(H,22,23). The maximum absolute atomic E-state index is 11.8. The van der Waals surface area contributed by atoms with Crippen LogP contribution in [-0.4, -0.2) is 38.8 Å². The quantitative estimate of drug-likeness (QED) is 0.754. The van der Waals surface area contributed by atoms with E-state index in [1.165, 1.54) is 0 Å². The third kappa shape index (κ3) is 5.49. The molecule has 3 N–H and O–H groups in total. The van der Waals surface area contributed by atoms with Crippen LogP contribution in [-0.2, 0) is 16.0 Å². The number of aliphatic carboxylic acids is 1. The Labute approximate surface area is 150 Å². The fourth-order valence-electron chi connectivity index (χ4n) is 2.11. The number of hydrogen-bond acceptors (Lipinski definition) is 4. The highest BCUT2D eigenvalue weighted by atomic mass is 35.5. The summed E-state index contributed by atoms with van der Waals surface area (Å²) in [5.74, 6) is -0.667. The molecule has 0 aliphatic heterocycles. The number of nitrogens with one attached hydrogen (secondary N) is 2. The van der Waals surface area contributed by atoms with Gasteiger partial charge in [-0.3, -0.25) is 0 Å². The van der Waals surface area contributed by atoms with Gasteiger partial charge >= 0.3 is 12.1 Å². The van der Waals surface area contributed by atoms with Crippen LogP contribution >= 0.6 is 11.6 Å². The topological polar surface area (TPSA) is 104 Å². The zero-order valence-electron chi connectivity index (χ0n) is 14.2. The van der Waals surface area contributed by atoms with Crippen molar-refractivity contribution in [1.82, 2.24) is 15.3 Å². The molecule has 1 atom stereocenters. The van der Waals surface area contributed by atoms with Crippen LogP contribution in [0.2, 0.25) is 5.15 Å². The average molecular weight is 366 g/mol. The van der Waals surface area contributed by atoms with E-state index in [-0.39, 0.29) is 11.6 Å². The fourth-order valence-corrected chi connectivity index (χ4v) is 2.32. The van der Waals surface area contributed by atoms with E-state index in [0.717, 1.165) is 5.56 Å². The summed E-state index contributed by atoms with van der Waals surface area (Å²) in [5.41, 5.74) is 0.519. The molecule has 1 heterocycles. The van der Waals surface area contributed by atoms with Crippen molar-refractivity contribution in [2.45, 2.75) is 38.8 Å². The van der Waals surface area contributed by atoms with E-state index in [2.05, 4.69) is 15.3 Å². The highest BCUT2D eigenvalue weighted by Crippen LogP contribution is 2.22. The summed E-state index contributed by atoms with van der Waals surface area (Å²) in [6.07, 6.45) is -0.855. The number of aromatic amines is 1. The van der Waals surface area contributed by atoms with Crippen molar-refractivity contribution in [3.63, 3.8) is 0 Å². The molecule has 7 nitrogen and oxygen atoms in total. The number of rotatable bonds is 5. The number of carboxylic acids is 1. The first kappa shape index (κ1) is 18.8. The van der Waals surface area contributed by atoms with E-state index in [0.29, 0.717) is 11.5 Å². The number of alkyl carbamates (subject to hydrolysis) is 1. The number of carbonyl (C=O) groups excluding carboxylic acids is 1. The van der Waals surface area contributed by atoms with Gasteiger partial charge in [0.2, 0.25) is 0 Å². The van der Waals surface area contributed by atoms with Gasteiger partial charge in [-0.15, -0.1) is 0 Å². The molecule has 134 valence electrons. The molecule has 0 saturated carbocycles. The van der Waals surface area contributed by atoms with Crippen LogP contribution in [0.25, 0.3) is 11.4 Å². The lowest BCUT2D eigenvalue weighted by Crippen LogP contribution is -2.44. The van der Waals surface area contributed by atoms with Crippen molar-refractivity contribution in [2.24, 2.45) is 0 Å². The highest BCUT2D eigenvalue weighted by molar-refractivity contribution is 6.30. The van der Waals surface area contributed by atoms with Gasteiger partial charge in [0.15, 0.2) is 5.15 Å². The number of hydrogen-bond donors (Lipinski definition) is 3. The lowest BCUT2D eigenvalue weighted by Gasteiger charge is -2.21. The predicted octanol–water partition coefficient (Wildman–Crippen LogP) is 3.25. The summed E-state index contributed by atoms with van der Waals surface area (Å²) in [6, 6.07) is 8.10. The molecule has 0 aliphatic rings. The van der Waals surface area contributed by atoms with Gasteiger partial charge < -0.3 is 20.1 Å². The lowest BCUT2D eigenvalue weighted by atomic mass is 10.1. The van der Waals surface area contributed by atoms with Crippen LogP contribution in [0.1, 0.15) is 26.5 Å². The van der Waals surface area contributed by atoms with Crippen LogP contribution < -0.4 is 5.32 Å². The summed E-state index contributed by atoms with van der Waals surface area (Å²) < 4.78 is 5.09. The third-order valence-corrected chi connectivity index (χ3v) is 3.49. The number of carboxylic acid groups (broad SMARTS) is 1. The van der Waals surface area contributed by atoms with Gasteiger partial charge in [-0.1, -0.05) is 41.9 Å². The first-order chi connectivity index (χ1) is 11.7. The Morgan fingerprint density at radius 1 is 1.32 bits per heavy atom. The van der Waals surface area contributed by atoms with Crippen LogP contribution in [0.3, 0.4) is 0 Å². The minimum atomic E-state index is -1.20. The molecular formula is C17H20ClN3O4. The molecule has 25 heavy (non-hydrogen) atoms. The van der Waals surface area contributed by atoms with Gasteiger partial charge in [0.25, 0.3) is 0 Å². The van der Waals surface area contributed by atoms with Crippen molar-refractivity contribution in [2.75, 3.05) is 0 Å². The van der Waals surface area contributed by atoms with Gasteiger partial charge in [-0.2, -0.15) is 0 Å². The van der Waals surface area contributed by atoms with Gasteiger partial charge in [0, 0.05) is 12.0 Å². The Hall–Kier alpha value is -2.54. The molecule has 0 aliphatic carbocycles. The molecule has 1 amide bonds. The normalized spacial score (nSPS) is 12.5. The Balaban J connectivity index is 2.13.